The number of hydrogen-bond acceptors (Lipinski definition) is 5. The van der Waals surface area contributed by atoms with Crippen LogP contribution in [0.2, 0.25) is 0 Å². The standard InChI is InChI=1S/C11H15N3O2/c1-7-3-8(2)13-11(10(7)4-12)14-9(5-15)6-16/h3,9,15-16H,5-6H2,1-2H3,(H,13,14). The lowest BCUT2D eigenvalue weighted by molar-refractivity contribution is 0.203. The number of nitriles is 1. The predicted molar refractivity (Wildman–Crippen MR) is 60.0 cm³/mol. The van der Waals surface area contributed by atoms with Crippen LogP contribution in [0.1, 0.15) is 16.8 Å². The van der Waals surface area contributed by atoms with Crippen molar-refractivity contribution in [2.24, 2.45) is 0 Å². The molecule has 5 nitrogen and oxygen atoms in total. The Morgan fingerprint density at radius 1 is 1.44 bits per heavy atom. The molecule has 0 amide bonds. The van der Waals surface area contributed by atoms with Crippen molar-refractivity contribution in [1.29, 1.82) is 5.26 Å². The van der Waals surface area contributed by atoms with Gasteiger partial charge in [0, 0.05) is 5.69 Å². The number of hydrogen-bond donors (Lipinski definition) is 3. The van der Waals surface area contributed by atoms with Crippen molar-refractivity contribution in [1.82, 2.24) is 4.98 Å². The van der Waals surface area contributed by atoms with E-state index in [1.807, 2.05) is 19.9 Å². The number of aryl methyl sites for hydroxylation is 2. The molecule has 0 spiro atoms. The second kappa shape index (κ2) is 5.45. The van der Waals surface area contributed by atoms with Crippen molar-refractivity contribution in [3.05, 3.63) is 22.9 Å². The Labute approximate surface area is 94.4 Å². The van der Waals surface area contributed by atoms with Crippen molar-refractivity contribution < 1.29 is 10.2 Å². The van der Waals surface area contributed by atoms with Crippen LogP contribution in [-0.4, -0.2) is 34.5 Å². The highest BCUT2D eigenvalue weighted by molar-refractivity contribution is 5.56. The first-order chi connectivity index (χ1) is 7.62. The number of nitrogens with zero attached hydrogens (tertiary/aromatic N) is 2. The molecule has 0 saturated heterocycles. The summed E-state index contributed by atoms with van der Waals surface area (Å²) in [5, 5.41) is 29.8. The zero-order valence-electron chi connectivity index (χ0n) is 9.36. The number of rotatable bonds is 4. The molecule has 1 heterocycles. The van der Waals surface area contributed by atoms with Crippen LogP contribution >= 0.6 is 0 Å². The molecule has 1 aromatic rings. The van der Waals surface area contributed by atoms with Gasteiger partial charge in [0.1, 0.15) is 11.9 Å². The number of nitrogens with one attached hydrogen (secondary N) is 1. The maximum Gasteiger partial charge on any atom is 0.144 e. The molecule has 0 atom stereocenters. The molecule has 0 aromatic carbocycles. The summed E-state index contributed by atoms with van der Waals surface area (Å²) in [5.41, 5.74) is 2.05. The van der Waals surface area contributed by atoms with E-state index in [2.05, 4.69) is 16.4 Å². The quantitative estimate of drug-likeness (QED) is 0.682. The third-order valence-electron chi connectivity index (χ3n) is 2.24. The molecule has 0 fully saturated rings. The molecule has 5 heteroatoms. The molecule has 1 aromatic heterocycles. The zero-order valence-corrected chi connectivity index (χ0v) is 9.36. The van der Waals surface area contributed by atoms with Gasteiger partial charge in [-0.1, -0.05) is 0 Å². The van der Waals surface area contributed by atoms with Gasteiger partial charge in [-0.15, -0.1) is 0 Å². The molecule has 86 valence electrons. The van der Waals surface area contributed by atoms with Gasteiger partial charge in [-0.2, -0.15) is 5.26 Å². The van der Waals surface area contributed by atoms with Crippen molar-refractivity contribution in [2.45, 2.75) is 19.9 Å². The minimum absolute atomic E-state index is 0.212. The number of aromatic nitrogens is 1. The Bertz CT molecular complexity index is 408. The van der Waals surface area contributed by atoms with Crippen LogP contribution < -0.4 is 5.32 Å². The number of pyridine rings is 1. The van der Waals surface area contributed by atoms with Gasteiger partial charge < -0.3 is 15.5 Å². The molecule has 0 saturated carbocycles. The number of aliphatic hydroxyl groups excluding tert-OH is 2. The Morgan fingerprint density at radius 2 is 2.06 bits per heavy atom. The lowest BCUT2D eigenvalue weighted by Crippen LogP contribution is -2.28. The largest absolute Gasteiger partial charge is 0.394 e. The average molecular weight is 221 g/mol. The van der Waals surface area contributed by atoms with E-state index < -0.39 is 6.04 Å². The zero-order chi connectivity index (χ0) is 12.1. The van der Waals surface area contributed by atoms with E-state index in [0.29, 0.717) is 11.4 Å². The Morgan fingerprint density at radius 3 is 2.56 bits per heavy atom. The smallest absolute Gasteiger partial charge is 0.144 e. The predicted octanol–water partition coefficient (Wildman–Crippen LogP) is 0.335. The second-order valence-electron chi connectivity index (χ2n) is 3.62. The lowest BCUT2D eigenvalue weighted by Gasteiger charge is -2.16. The number of anilines is 1. The summed E-state index contributed by atoms with van der Waals surface area (Å²) in [5.74, 6) is 0.410. The van der Waals surface area contributed by atoms with E-state index in [1.54, 1.807) is 0 Å². The van der Waals surface area contributed by atoms with E-state index in [4.69, 9.17) is 15.5 Å². The molecular formula is C11H15N3O2. The molecule has 0 bridgehead atoms. The van der Waals surface area contributed by atoms with Gasteiger partial charge in [-0.25, -0.2) is 4.98 Å². The van der Waals surface area contributed by atoms with E-state index in [1.165, 1.54) is 0 Å². The van der Waals surface area contributed by atoms with Gasteiger partial charge in [0.25, 0.3) is 0 Å². The molecular weight excluding hydrogens is 206 g/mol. The summed E-state index contributed by atoms with van der Waals surface area (Å²) in [7, 11) is 0. The van der Waals surface area contributed by atoms with E-state index in [0.717, 1.165) is 11.3 Å². The van der Waals surface area contributed by atoms with Crippen LogP contribution in [0, 0.1) is 25.2 Å². The first kappa shape index (κ1) is 12.4. The second-order valence-corrected chi connectivity index (χ2v) is 3.62. The van der Waals surface area contributed by atoms with Gasteiger partial charge in [0.05, 0.1) is 24.8 Å². The average Bonchev–Trinajstić information content (AvgIpc) is 2.25. The topological polar surface area (TPSA) is 89.2 Å². The summed E-state index contributed by atoms with van der Waals surface area (Å²) in [6, 6.07) is 3.37. The van der Waals surface area contributed by atoms with Gasteiger partial charge >= 0.3 is 0 Å². The van der Waals surface area contributed by atoms with E-state index in [-0.39, 0.29) is 13.2 Å². The first-order valence-corrected chi connectivity index (χ1v) is 4.99. The van der Waals surface area contributed by atoms with Gasteiger partial charge in [0.2, 0.25) is 0 Å². The summed E-state index contributed by atoms with van der Waals surface area (Å²) >= 11 is 0. The van der Waals surface area contributed by atoms with Crippen molar-refractivity contribution in [3.63, 3.8) is 0 Å². The van der Waals surface area contributed by atoms with Gasteiger partial charge in [0.15, 0.2) is 0 Å². The van der Waals surface area contributed by atoms with Gasteiger partial charge in [-0.3, -0.25) is 0 Å². The maximum atomic E-state index is 8.99. The molecule has 3 N–H and O–H groups in total. The minimum Gasteiger partial charge on any atom is -0.394 e. The molecule has 0 aliphatic heterocycles. The fourth-order valence-electron chi connectivity index (χ4n) is 1.42. The molecule has 1 rings (SSSR count). The Hall–Kier alpha value is -1.64. The summed E-state index contributed by atoms with van der Waals surface area (Å²) in [6.07, 6.45) is 0. The normalized spacial score (nSPS) is 10.2. The Kier molecular flexibility index (Phi) is 4.23. The molecule has 0 unspecified atom stereocenters. The molecule has 16 heavy (non-hydrogen) atoms. The van der Waals surface area contributed by atoms with Crippen molar-refractivity contribution in [3.8, 4) is 6.07 Å². The highest BCUT2D eigenvalue weighted by Crippen LogP contribution is 2.18. The van der Waals surface area contributed by atoms with Crippen molar-refractivity contribution in [2.75, 3.05) is 18.5 Å². The summed E-state index contributed by atoms with van der Waals surface area (Å²) < 4.78 is 0. The highest BCUT2D eigenvalue weighted by atomic mass is 16.3. The number of aliphatic hydroxyl groups is 2. The SMILES string of the molecule is Cc1cc(C)c(C#N)c(NC(CO)CO)n1. The molecule has 0 aliphatic carbocycles. The lowest BCUT2D eigenvalue weighted by atomic mass is 10.1. The van der Waals surface area contributed by atoms with E-state index >= 15 is 0 Å². The summed E-state index contributed by atoms with van der Waals surface area (Å²) in [6.45, 7) is 3.23. The van der Waals surface area contributed by atoms with Crippen LogP contribution in [0.4, 0.5) is 5.82 Å². The van der Waals surface area contributed by atoms with Gasteiger partial charge in [-0.05, 0) is 25.5 Å². The fraction of sp³-hybridized carbons (Fsp3) is 0.455. The van der Waals surface area contributed by atoms with Crippen LogP contribution in [0.15, 0.2) is 6.07 Å². The van der Waals surface area contributed by atoms with E-state index in [9.17, 15) is 0 Å². The third kappa shape index (κ3) is 2.69. The summed E-state index contributed by atoms with van der Waals surface area (Å²) in [4.78, 5) is 4.18. The molecule has 0 aliphatic rings. The maximum absolute atomic E-state index is 8.99. The highest BCUT2D eigenvalue weighted by Gasteiger charge is 2.12. The minimum atomic E-state index is -0.499. The first-order valence-electron chi connectivity index (χ1n) is 4.99. The fourth-order valence-corrected chi connectivity index (χ4v) is 1.42. The monoisotopic (exact) mass is 221 g/mol. The molecule has 0 radical (unpaired) electrons. The Balaban J connectivity index is 3.07. The van der Waals surface area contributed by atoms with Crippen LogP contribution in [0.3, 0.4) is 0 Å². The third-order valence-corrected chi connectivity index (χ3v) is 2.24. The van der Waals surface area contributed by atoms with Crippen molar-refractivity contribution >= 4 is 5.82 Å². The van der Waals surface area contributed by atoms with Crippen LogP contribution in [-0.2, 0) is 0 Å². The van der Waals surface area contributed by atoms with Crippen LogP contribution in [0.5, 0.6) is 0 Å². The van der Waals surface area contributed by atoms with Crippen LogP contribution in [0.25, 0.3) is 0 Å².